The molecule has 0 unspecified atom stereocenters. The number of anilines is 1. The van der Waals surface area contributed by atoms with Gasteiger partial charge >= 0.3 is 5.69 Å². The molecule has 3 aromatic heterocycles. The lowest BCUT2D eigenvalue weighted by Crippen LogP contribution is -2.52. The zero-order valence-electron chi connectivity index (χ0n) is 19.9. The second-order valence-electron chi connectivity index (χ2n) is 10.7. The minimum atomic E-state index is -2.82. The van der Waals surface area contributed by atoms with Crippen LogP contribution in [0, 0.1) is 34.8 Å². The van der Waals surface area contributed by atoms with Gasteiger partial charge in [0.25, 0.3) is 18.2 Å². The van der Waals surface area contributed by atoms with Crippen molar-refractivity contribution in [2.45, 2.75) is 57.4 Å². The zero-order valence-corrected chi connectivity index (χ0v) is 20.7. The van der Waals surface area contributed by atoms with Crippen molar-refractivity contribution in [2.75, 3.05) is 5.32 Å². The summed E-state index contributed by atoms with van der Waals surface area (Å²) in [6.45, 7) is 1.55. The molecule has 0 aromatic carbocycles. The smallest absolute Gasteiger partial charge is 0.320 e. The summed E-state index contributed by atoms with van der Waals surface area (Å²) in [5.74, 6) is -0.0679. The van der Waals surface area contributed by atoms with Gasteiger partial charge in [0.05, 0.1) is 16.1 Å². The fourth-order valence-corrected chi connectivity index (χ4v) is 8.20. The number of alkyl halides is 2. The average Bonchev–Trinajstić information content (AvgIpc) is 3.41. The number of nitrogens with zero attached hydrogens (tertiary/aromatic N) is 4. The van der Waals surface area contributed by atoms with E-state index in [2.05, 4.69) is 15.4 Å². The minimum absolute atomic E-state index is 0.0121. The highest BCUT2D eigenvalue weighted by atomic mass is 32.1. The number of rotatable bonds is 6. The molecule has 13 heteroatoms. The number of primary amides is 1. The molecule has 10 nitrogen and oxygen atoms in total. The SMILES string of the molecule is Cc1cc(C(F)F)nc2sc(C(N)=O)c(NC(=O)c3nn(C45CC6CC(CC(C6)C4)C5)cc3[N+](=O)[O-])c12. The maximum atomic E-state index is 13.4. The predicted molar refractivity (Wildman–Crippen MR) is 131 cm³/mol. The summed E-state index contributed by atoms with van der Waals surface area (Å²) >= 11 is 0.776. The van der Waals surface area contributed by atoms with Crippen molar-refractivity contribution in [3.63, 3.8) is 0 Å². The van der Waals surface area contributed by atoms with Crippen molar-refractivity contribution in [3.8, 4) is 0 Å². The van der Waals surface area contributed by atoms with Gasteiger partial charge in [0.15, 0.2) is 0 Å². The van der Waals surface area contributed by atoms with E-state index in [-0.39, 0.29) is 32.0 Å². The molecule has 3 N–H and O–H groups in total. The number of carbonyl (C=O) groups excluding carboxylic acids is 2. The van der Waals surface area contributed by atoms with Crippen molar-refractivity contribution in [2.24, 2.45) is 23.5 Å². The van der Waals surface area contributed by atoms with Gasteiger partial charge in [0, 0.05) is 5.39 Å². The maximum Gasteiger partial charge on any atom is 0.320 e. The van der Waals surface area contributed by atoms with Crippen LogP contribution in [-0.4, -0.2) is 31.5 Å². The van der Waals surface area contributed by atoms with Crippen molar-refractivity contribution in [1.29, 1.82) is 0 Å². The van der Waals surface area contributed by atoms with Gasteiger partial charge in [-0.05, 0) is 74.8 Å². The number of amides is 2. The number of fused-ring (bicyclic) bond motifs is 1. The topological polar surface area (TPSA) is 146 Å². The number of thiophene rings is 1. The van der Waals surface area contributed by atoms with E-state index in [1.807, 2.05) is 0 Å². The van der Waals surface area contributed by atoms with Gasteiger partial charge in [-0.15, -0.1) is 11.3 Å². The third-order valence-electron chi connectivity index (χ3n) is 8.16. The second-order valence-corrected chi connectivity index (χ2v) is 11.7. The molecule has 194 valence electrons. The lowest BCUT2D eigenvalue weighted by Gasteiger charge is -2.56. The third-order valence-corrected chi connectivity index (χ3v) is 9.26. The average molecular weight is 531 g/mol. The van der Waals surface area contributed by atoms with Crippen LogP contribution < -0.4 is 11.1 Å². The first-order valence-electron chi connectivity index (χ1n) is 12.1. The van der Waals surface area contributed by atoms with E-state index < -0.39 is 34.5 Å². The van der Waals surface area contributed by atoms with Gasteiger partial charge in [0.1, 0.15) is 21.6 Å². The first kappa shape index (κ1) is 23.9. The Morgan fingerprint density at radius 1 is 1.24 bits per heavy atom. The predicted octanol–water partition coefficient (Wildman–Crippen LogP) is 4.92. The van der Waals surface area contributed by atoms with Gasteiger partial charge in [-0.2, -0.15) is 5.10 Å². The van der Waals surface area contributed by atoms with Gasteiger partial charge in [0.2, 0.25) is 5.69 Å². The Balaban J connectivity index is 1.40. The van der Waals surface area contributed by atoms with E-state index in [0.717, 1.165) is 30.6 Å². The normalized spacial score (nSPS) is 26.2. The largest absolute Gasteiger partial charge is 0.365 e. The number of nitrogens with two attached hydrogens (primary N) is 1. The number of hydrogen-bond donors (Lipinski definition) is 2. The lowest BCUT2D eigenvalue weighted by molar-refractivity contribution is -0.385. The fraction of sp³-hybridized carbons (Fsp3) is 0.500. The van der Waals surface area contributed by atoms with Crippen LogP contribution in [0.5, 0.6) is 0 Å². The Labute approximate surface area is 213 Å². The number of carbonyl (C=O) groups is 2. The molecule has 0 aliphatic heterocycles. The highest BCUT2D eigenvalue weighted by molar-refractivity contribution is 7.21. The van der Waals surface area contributed by atoms with E-state index in [1.54, 1.807) is 11.6 Å². The molecule has 4 aliphatic carbocycles. The summed E-state index contributed by atoms with van der Waals surface area (Å²) in [4.78, 5) is 40.8. The first-order valence-corrected chi connectivity index (χ1v) is 12.9. The molecule has 3 heterocycles. The maximum absolute atomic E-state index is 13.4. The van der Waals surface area contributed by atoms with Crippen LogP contribution in [-0.2, 0) is 5.54 Å². The monoisotopic (exact) mass is 530 g/mol. The molecule has 0 radical (unpaired) electrons. The van der Waals surface area contributed by atoms with Crippen LogP contribution in [0.4, 0.5) is 20.2 Å². The van der Waals surface area contributed by atoms with Crippen LogP contribution in [0.3, 0.4) is 0 Å². The lowest BCUT2D eigenvalue weighted by atomic mass is 9.53. The van der Waals surface area contributed by atoms with E-state index in [9.17, 15) is 28.5 Å². The molecule has 3 aromatic rings. The number of hydrogen-bond acceptors (Lipinski definition) is 7. The molecule has 4 aliphatic rings. The van der Waals surface area contributed by atoms with E-state index in [4.69, 9.17) is 5.73 Å². The van der Waals surface area contributed by atoms with Gasteiger partial charge in [-0.1, -0.05) is 0 Å². The Morgan fingerprint density at radius 2 is 1.86 bits per heavy atom. The summed E-state index contributed by atoms with van der Waals surface area (Å²) in [6.07, 6.45) is 4.72. The number of nitrogens with one attached hydrogen (secondary N) is 1. The number of aryl methyl sites for hydroxylation is 1. The van der Waals surface area contributed by atoms with Crippen molar-refractivity contribution >= 4 is 44.7 Å². The van der Waals surface area contributed by atoms with E-state index in [1.165, 1.54) is 31.5 Å². The molecule has 2 amide bonds. The van der Waals surface area contributed by atoms with E-state index >= 15 is 0 Å². The molecular formula is C24H24F2N6O4S. The highest BCUT2D eigenvalue weighted by Crippen LogP contribution is 2.58. The van der Waals surface area contributed by atoms with Crippen LogP contribution in [0.1, 0.15) is 76.4 Å². The van der Waals surface area contributed by atoms with Crippen molar-refractivity contribution in [3.05, 3.63) is 44.2 Å². The zero-order chi connectivity index (χ0) is 26.2. The first-order chi connectivity index (χ1) is 17.5. The van der Waals surface area contributed by atoms with Crippen LogP contribution in [0.25, 0.3) is 10.2 Å². The summed E-state index contributed by atoms with van der Waals surface area (Å²) < 4.78 is 28.2. The highest BCUT2D eigenvalue weighted by Gasteiger charge is 2.53. The molecule has 0 spiro atoms. The summed E-state index contributed by atoms with van der Waals surface area (Å²) in [6, 6.07) is 1.17. The van der Waals surface area contributed by atoms with E-state index in [0.29, 0.717) is 23.3 Å². The Bertz CT molecular complexity index is 1450. The van der Waals surface area contributed by atoms with Crippen LogP contribution >= 0.6 is 11.3 Å². The minimum Gasteiger partial charge on any atom is -0.365 e. The number of pyridine rings is 1. The van der Waals surface area contributed by atoms with Crippen molar-refractivity contribution in [1.82, 2.24) is 14.8 Å². The fourth-order valence-electron chi connectivity index (χ4n) is 7.13. The number of nitro groups is 1. The molecule has 0 saturated heterocycles. The van der Waals surface area contributed by atoms with Crippen molar-refractivity contribution < 1.29 is 23.3 Å². The number of halogens is 2. The standard InChI is InChI=1S/C24H24F2N6O4S/c1-10-2-14(20(25)26)28-23-16(10)18(19(37-23)21(27)33)29-22(34)17-15(32(35)36)9-31(30-17)24-6-11-3-12(7-24)5-13(4-11)8-24/h2,9,11-13,20H,3-8H2,1H3,(H2,27,33)(H,29,34). The number of aromatic nitrogens is 3. The van der Waals surface area contributed by atoms with Crippen LogP contribution in [0.2, 0.25) is 0 Å². The molecule has 4 saturated carbocycles. The van der Waals surface area contributed by atoms with Gasteiger partial charge in [-0.25, -0.2) is 13.8 Å². The van der Waals surface area contributed by atoms with Gasteiger partial charge in [-0.3, -0.25) is 24.4 Å². The van der Waals surface area contributed by atoms with Gasteiger partial charge < -0.3 is 11.1 Å². The van der Waals surface area contributed by atoms with Crippen LogP contribution in [0.15, 0.2) is 12.3 Å². The summed E-state index contributed by atoms with van der Waals surface area (Å²) in [5.41, 5.74) is 4.25. The summed E-state index contributed by atoms with van der Waals surface area (Å²) in [7, 11) is 0. The quantitative estimate of drug-likeness (QED) is 0.342. The molecular weight excluding hydrogens is 506 g/mol. The summed E-state index contributed by atoms with van der Waals surface area (Å²) in [5, 5.41) is 19.2. The third kappa shape index (κ3) is 3.78. The molecule has 4 fully saturated rings. The Hall–Kier alpha value is -3.48. The molecule has 37 heavy (non-hydrogen) atoms. The Morgan fingerprint density at radius 3 is 2.41 bits per heavy atom. The Kier molecular flexibility index (Phi) is 5.34. The molecule has 0 atom stereocenters. The second kappa shape index (κ2) is 8.27. The molecule has 7 rings (SSSR count). The molecule has 4 bridgehead atoms.